The number of nitrogens with one attached hydrogen (secondary N) is 1. The van der Waals surface area contributed by atoms with Crippen LogP contribution in [0.25, 0.3) is 0 Å². The van der Waals surface area contributed by atoms with Crippen molar-refractivity contribution >= 4 is 18.3 Å². The summed E-state index contributed by atoms with van der Waals surface area (Å²) in [7, 11) is 0. The topological polar surface area (TPSA) is 84.7 Å². The maximum Gasteiger partial charge on any atom is 0.270 e. The van der Waals surface area contributed by atoms with Crippen LogP contribution in [0.1, 0.15) is 10.5 Å². The molecular formula is C3H5ClN4O. The van der Waals surface area contributed by atoms with E-state index >= 15 is 0 Å². The summed E-state index contributed by atoms with van der Waals surface area (Å²) in [6.45, 7) is 0. The highest BCUT2D eigenvalue weighted by molar-refractivity contribution is 5.90. The highest BCUT2D eigenvalue weighted by Gasteiger charge is 1.99. The molecule has 0 fully saturated rings. The van der Waals surface area contributed by atoms with Gasteiger partial charge < -0.3 is 5.73 Å². The van der Waals surface area contributed by atoms with Crippen molar-refractivity contribution in [2.45, 2.75) is 0 Å². The first kappa shape index (κ1) is 7.90. The first-order chi connectivity index (χ1) is 3.80. The van der Waals surface area contributed by atoms with E-state index in [4.69, 9.17) is 5.73 Å². The number of halogens is 1. The lowest BCUT2D eigenvalue weighted by molar-refractivity contribution is 0.0995. The Morgan fingerprint density at radius 3 is 2.67 bits per heavy atom. The lowest BCUT2D eigenvalue weighted by atomic mass is 10.5. The molecule has 1 heterocycles. The second kappa shape index (κ2) is 3.03. The molecule has 5 nitrogen and oxygen atoms in total. The zero-order chi connectivity index (χ0) is 5.98. The molecule has 0 saturated heterocycles. The number of aromatic nitrogens is 3. The van der Waals surface area contributed by atoms with Crippen molar-refractivity contribution in [3.05, 3.63) is 11.9 Å². The summed E-state index contributed by atoms with van der Waals surface area (Å²) in [5.74, 6) is -0.571. The monoisotopic (exact) mass is 148 g/mol. The summed E-state index contributed by atoms with van der Waals surface area (Å²) in [6, 6.07) is 0. The number of carbonyl (C=O) groups is 1. The molecule has 0 bridgehead atoms. The number of hydrogen-bond donors (Lipinski definition) is 2. The Morgan fingerprint density at radius 1 is 1.78 bits per heavy atom. The lowest BCUT2D eigenvalue weighted by Gasteiger charge is -1.77. The average molecular weight is 149 g/mol. The number of primary amides is 1. The summed E-state index contributed by atoms with van der Waals surface area (Å²) >= 11 is 0. The largest absolute Gasteiger partial charge is 0.364 e. The number of carbonyl (C=O) groups excluding carboxylic acids is 1. The zero-order valence-corrected chi connectivity index (χ0v) is 5.18. The van der Waals surface area contributed by atoms with Gasteiger partial charge in [-0.05, 0) is 0 Å². The zero-order valence-electron chi connectivity index (χ0n) is 4.37. The Morgan fingerprint density at radius 2 is 2.44 bits per heavy atom. The Balaban J connectivity index is 0.000000640. The van der Waals surface area contributed by atoms with Crippen molar-refractivity contribution in [1.29, 1.82) is 0 Å². The molecule has 0 unspecified atom stereocenters. The smallest absolute Gasteiger partial charge is 0.270 e. The normalized spacial score (nSPS) is 8.00. The van der Waals surface area contributed by atoms with Crippen LogP contribution >= 0.6 is 12.4 Å². The van der Waals surface area contributed by atoms with Gasteiger partial charge in [0.25, 0.3) is 5.91 Å². The van der Waals surface area contributed by atoms with Crippen molar-refractivity contribution in [3.8, 4) is 0 Å². The molecule has 0 aliphatic rings. The van der Waals surface area contributed by atoms with Gasteiger partial charge in [-0.3, -0.25) is 4.79 Å². The number of amides is 1. The van der Waals surface area contributed by atoms with Gasteiger partial charge in [0.2, 0.25) is 0 Å². The fourth-order valence-electron chi connectivity index (χ4n) is 0.320. The summed E-state index contributed by atoms with van der Waals surface area (Å²) in [5, 5.41) is 9.02. The van der Waals surface area contributed by atoms with Crippen LogP contribution in [0.15, 0.2) is 6.20 Å². The Bertz CT molecular complexity index is 184. The Labute approximate surface area is 57.0 Å². The predicted octanol–water partition coefficient (Wildman–Crippen LogP) is -0.675. The Hall–Kier alpha value is -1.10. The van der Waals surface area contributed by atoms with Crippen molar-refractivity contribution in [3.63, 3.8) is 0 Å². The third-order valence-corrected chi connectivity index (χ3v) is 0.667. The van der Waals surface area contributed by atoms with Crippen LogP contribution in [0.3, 0.4) is 0 Å². The maximum absolute atomic E-state index is 10.2. The number of hydrogen-bond acceptors (Lipinski definition) is 3. The molecule has 1 rings (SSSR count). The van der Waals surface area contributed by atoms with Gasteiger partial charge in [0.1, 0.15) is 0 Å². The van der Waals surface area contributed by atoms with Crippen LogP contribution in [0, 0.1) is 0 Å². The number of nitrogens with zero attached hydrogens (tertiary/aromatic N) is 2. The molecule has 0 spiro atoms. The van der Waals surface area contributed by atoms with Gasteiger partial charge in [-0.2, -0.15) is 15.4 Å². The summed E-state index contributed by atoms with van der Waals surface area (Å²) in [6.07, 6.45) is 1.27. The van der Waals surface area contributed by atoms with E-state index in [2.05, 4.69) is 15.4 Å². The summed E-state index contributed by atoms with van der Waals surface area (Å²) in [4.78, 5) is 10.2. The second-order valence-electron chi connectivity index (χ2n) is 1.22. The molecule has 6 heteroatoms. The van der Waals surface area contributed by atoms with E-state index in [9.17, 15) is 4.79 Å². The molecule has 0 aliphatic heterocycles. The number of H-pyrrole nitrogens is 1. The molecule has 0 aliphatic carbocycles. The van der Waals surface area contributed by atoms with Gasteiger partial charge in [-0.15, -0.1) is 12.4 Å². The van der Waals surface area contributed by atoms with Gasteiger partial charge in [0.15, 0.2) is 5.69 Å². The number of aromatic amines is 1. The van der Waals surface area contributed by atoms with Gasteiger partial charge in [0, 0.05) is 0 Å². The molecule has 9 heavy (non-hydrogen) atoms. The molecule has 3 N–H and O–H groups in total. The molecule has 0 saturated carbocycles. The molecule has 50 valence electrons. The van der Waals surface area contributed by atoms with Crippen LogP contribution in [-0.4, -0.2) is 21.3 Å². The predicted molar refractivity (Wildman–Crippen MR) is 32.1 cm³/mol. The third kappa shape index (κ3) is 1.69. The van der Waals surface area contributed by atoms with E-state index < -0.39 is 5.91 Å². The van der Waals surface area contributed by atoms with E-state index in [-0.39, 0.29) is 18.1 Å². The summed E-state index contributed by atoms with van der Waals surface area (Å²) < 4.78 is 0. The molecule has 0 aromatic carbocycles. The van der Waals surface area contributed by atoms with Crippen molar-refractivity contribution < 1.29 is 4.79 Å². The first-order valence-electron chi connectivity index (χ1n) is 1.96. The SMILES string of the molecule is Cl.NC(=O)c1cn[nH]n1. The molecule has 0 radical (unpaired) electrons. The molecule has 1 aromatic heterocycles. The van der Waals surface area contributed by atoms with E-state index in [0.717, 1.165) is 0 Å². The molecular weight excluding hydrogens is 144 g/mol. The quantitative estimate of drug-likeness (QED) is 0.554. The number of rotatable bonds is 1. The van der Waals surface area contributed by atoms with E-state index in [1.807, 2.05) is 0 Å². The highest BCUT2D eigenvalue weighted by atomic mass is 35.5. The van der Waals surface area contributed by atoms with Crippen molar-refractivity contribution in [1.82, 2.24) is 15.4 Å². The Kier molecular flexibility index (Phi) is 2.66. The first-order valence-corrected chi connectivity index (χ1v) is 1.96. The minimum absolute atomic E-state index is 0. The molecule has 1 aromatic rings. The van der Waals surface area contributed by atoms with Crippen LogP contribution in [0.2, 0.25) is 0 Å². The molecule has 1 amide bonds. The minimum atomic E-state index is -0.571. The van der Waals surface area contributed by atoms with E-state index in [1.165, 1.54) is 6.20 Å². The van der Waals surface area contributed by atoms with E-state index in [0.29, 0.717) is 0 Å². The molecule has 0 atom stereocenters. The van der Waals surface area contributed by atoms with Crippen molar-refractivity contribution in [2.24, 2.45) is 5.73 Å². The summed E-state index contributed by atoms with van der Waals surface area (Å²) in [5.41, 5.74) is 4.95. The van der Waals surface area contributed by atoms with Gasteiger partial charge in [-0.25, -0.2) is 0 Å². The van der Waals surface area contributed by atoms with E-state index in [1.54, 1.807) is 0 Å². The maximum atomic E-state index is 10.2. The number of nitrogens with two attached hydrogens (primary N) is 1. The fourth-order valence-corrected chi connectivity index (χ4v) is 0.320. The second-order valence-corrected chi connectivity index (χ2v) is 1.22. The van der Waals surface area contributed by atoms with Crippen LogP contribution in [0.4, 0.5) is 0 Å². The standard InChI is InChI=1S/C3H4N4O.ClH/c4-3(8)2-1-5-7-6-2;/h1H,(H2,4,8)(H,5,6,7);1H. The van der Waals surface area contributed by atoms with Crippen LogP contribution in [-0.2, 0) is 0 Å². The van der Waals surface area contributed by atoms with Crippen molar-refractivity contribution in [2.75, 3.05) is 0 Å². The highest BCUT2D eigenvalue weighted by Crippen LogP contribution is 1.82. The minimum Gasteiger partial charge on any atom is -0.364 e. The fraction of sp³-hybridized carbons (Fsp3) is 0. The lowest BCUT2D eigenvalue weighted by Crippen LogP contribution is -2.10. The van der Waals surface area contributed by atoms with Gasteiger partial charge in [-0.1, -0.05) is 0 Å². The third-order valence-electron chi connectivity index (χ3n) is 0.667. The van der Waals surface area contributed by atoms with Gasteiger partial charge >= 0.3 is 0 Å². The average Bonchev–Trinajstić information content (AvgIpc) is 2.12. The van der Waals surface area contributed by atoms with Crippen LogP contribution in [0.5, 0.6) is 0 Å². The van der Waals surface area contributed by atoms with Crippen LogP contribution < -0.4 is 5.73 Å². The van der Waals surface area contributed by atoms with Gasteiger partial charge in [0.05, 0.1) is 6.20 Å².